The van der Waals surface area contributed by atoms with Crippen LogP contribution in [-0.2, 0) is 5.41 Å². The fourth-order valence-corrected chi connectivity index (χ4v) is 1.63. The van der Waals surface area contributed by atoms with Crippen molar-refractivity contribution in [2.75, 3.05) is 0 Å². The molecule has 86 valence electrons. The molecule has 1 nitrogen and oxygen atoms in total. The molecule has 0 bridgehead atoms. The van der Waals surface area contributed by atoms with Gasteiger partial charge in [-0.3, -0.25) is 4.70 Å². The van der Waals surface area contributed by atoms with E-state index in [4.69, 9.17) is 0 Å². The van der Waals surface area contributed by atoms with Crippen LogP contribution in [0.2, 0.25) is 0 Å². The molecule has 0 fully saturated rings. The Morgan fingerprint density at radius 3 is 2.07 bits per heavy atom. The van der Waals surface area contributed by atoms with Gasteiger partial charge in [-0.2, -0.15) is 0 Å². The molecule has 0 spiro atoms. The van der Waals surface area contributed by atoms with Crippen LogP contribution in [0.1, 0.15) is 51.7 Å². The minimum atomic E-state index is 0. The predicted octanol–water partition coefficient (Wildman–Crippen LogP) is 3.97. The van der Waals surface area contributed by atoms with Crippen LogP contribution >= 0.6 is 0 Å². The zero-order chi connectivity index (χ0) is 10.9. The van der Waals surface area contributed by atoms with Crippen molar-refractivity contribution >= 4 is 0 Å². The highest BCUT2D eigenvalue weighted by molar-refractivity contribution is 5.45. The highest BCUT2D eigenvalue weighted by atomic mass is 19.0. The summed E-state index contributed by atoms with van der Waals surface area (Å²) in [5.74, 6) is 0.840. The van der Waals surface area contributed by atoms with E-state index in [2.05, 4.69) is 34.6 Å². The number of para-hydroxylation sites is 1. The Labute approximate surface area is 91.5 Å². The van der Waals surface area contributed by atoms with E-state index < -0.39 is 0 Å². The van der Waals surface area contributed by atoms with Crippen LogP contribution in [0.4, 0.5) is 4.70 Å². The summed E-state index contributed by atoms with van der Waals surface area (Å²) >= 11 is 0. The molecule has 0 aliphatic rings. The highest BCUT2D eigenvalue weighted by Crippen LogP contribution is 2.35. The first kappa shape index (κ1) is 13.9. The molecule has 0 aliphatic carbocycles. The molecule has 1 aromatic carbocycles. The van der Waals surface area contributed by atoms with Crippen molar-refractivity contribution in [2.45, 2.75) is 46.0 Å². The molecule has 0 aromatic heterocycles. The van der Waals surface area contributed by atoms with Gasteiger partial charge < -0.3 is 5.11 Å². The van der Waals surface area contributed by atoms with E-state index in [0.29, 0.717) is 11.7 Å². The van der Waals surface area contributed by atoms with Crippen LogP contribution < -0.4 is 0 Å². The van der Waals surface area contributed by atoms with Gasteiger partial charge in [0.2, 0.25) is 0 Å². The van der Waals surface area contributed by atoms with Crippen molar-refractivity contribution < 1.29 is 9.81 Å². The first-order chi connectivity index (χ1) is 6.34. The van der Waals surface area contributed by atoms with Gasteiger partial charge in [0.1, 0.15) is 5.75 Å². The number of hydrogen-bond donors (Lipinski definition) is 1. The lowest BCUT2D eigenvalue weighted by molar-refractivity contribution is 0.437. The summed E-state index contributed by atoms with van der Waals surface area (Å²) in [6.45, 7) is 10.5. The molecule has 15 heavy (non-hydrogen) atoms. The Bertz CT molecular complexity index is 324. The van der Waals surface area contributed by atoms with E-state index in [1.54, 1.807) is 0 Å². The molecule has 0 atom stereocenters. The van der Waals surface area contributed by atoms with Crippen LogP contribution in [0.5, 0.6) is 5.75 Å². The Kier molecular flexibility index (Phi) is 4.32. The molecule has 1 rings (SSSR count). The zero-order valence-corrected chi connectivity index (χ0v) is 10.2. The van der Waals surface area contributed by atoms with Crippen molar-refractivity contribution in [3.05, 3.63) is 29.3 Å². The lowest BCUT2D eigenvalue weighted by Crippen LogP contribution is -2.12. The van der Waals surface area contributed by atoms with Gasteiger partial charge in [0.05, 0.1) is 0 Å². The predicted molar refractivity (Wildman–Crippen MR) is 63.4 cm³/mol. The average molecular weight is 212 g/mol. The SMILES string of the molecule is CC(C)c1cccc(C(C)(C)C)c1O.F. The molecule has 0 unspecified atom stereocenters. The van der Waals surface area contributed by atoms with Crippen molar-refractivity contribution in [2.24, 2.45) is 0 Å². The lowest BCUT2D eigenvalue weighted by Gasteiger charge is -2.22. The number of rotatable bonds is 1. The first-order valence-electron chi connectivity index (χ1n) is 5.16. The second-order valence-electron chi connectivity index (χ2n) is 5.15. The Balaban J connectivity index is 0.00000196. The van der Waals surface area contributed by atoms with Crippen molar-refractivity contribution in [1.29, 1.82) is 0 Å². The minimum absolute atomic E-state index is 0. The molecular weight excluding hydrogens is 191 g/mol. The van der Waals surface area contributed by atoms with Gasteiger partial charge in [0.25, 0.3) is 0 Å². The number of phenols is 1. The molecule has 0 heterocycles. The maximum Gasteiger partial charge on any atom is 0.122 e. The third-order valence-electron chi connectivity index (χ3n) is 2.50. The quantitative estimate of drug-likeness (QED) is 0.747. The van der Waals surface area contributed by atoms with E-state index in [1.165, 1.54) is 0 Å². The van der Waals surface area contributed by atoms with E-state index >= 15 is 0 Å². The maximum absolute atomic E-state index is 10.1. The molecule has 0 saturated heterocycles. The molecule has 0 amide bonds. The normalized spacial score (nSPS) is 11.3. The number of benzene rings is 1. The molecule has 1 N–H and O–H groups in total. The Morgan fingerprint density at radius 1 is 1.13 bits per heavy atom. The second-order valence-corrected chi connectivity index (χ2v) is 5.15. The molecule has 1 aromatic rings. The van der Waals surface area contributed by atoms with Gasteiger partial charge in [-0.15, -0.1) is 0 Å². The standard InChI is InChI=1S/C13H20O.FH/c1-9(2)10-7-6-8-11(12(10)14)13(3,4)5;/h6-9,14H,1-5H3;1H. The van der Waals surface area contributed by atoms with E-state index in [9.17, 15) is 5.11 Å². The summed E-state index contributed by atoms with van der Waals surface area (Å²) in [5.41, 5.74) is 2.08. The monoisotopic (exact) mass is 212 g/mol. The van der Waals surface area contributed by atoms with Crippen molar-refractivity contribution in [1.82, 2.24) is 0 Å². The Morgan fingerprint density at radius 2 is 1.67 bits per heavy atom. The molecule has 0 radical (unpaired) electrons. The van der Waals surface area contributed by atoms with Gasteiger partial charge in [0, 0.05) is 0 Å². The molecule has 0 saturated carbocycles. The number of halogens is 1. The summed E-state index contributed by atoms with van der Waals surface area (Å²) in [7, 11) is 0. The summed E-state index contributed by atoms with van der Waals surface area (Å²) in [6, 6.07) is 6.02. The van der Waals surface area contributed by atoms with Crippen LogP contribution in [0.15, 0.2) is 18.2 Å². The molecule has 0 aliphatic heterocycles. The highest BCUT2D eigenvalue weighted by Gasteiger charge is 2.20. The van der Waals surface area contributed by atoms with Crippen LogP contribution in [-0.4, -0.2) is 5.11 Å². The largest absolute Gasteiger partial charge is 0.507 e. The third-order valence-corrected chi connectivity index (χ3v) is 2.50. The minimum Gasteiger partial charge on any atom is -0.507 e. The maximum atomic E-state index is 10.1. The van der Waals surface area contributed by atoms with Gasteiger partial charge in [-0.25, -0.2) is 0 Å². The summed E-state index contributed by atoms with van der Waals surface area (Å²) in [6.07, 6.45) is 0. The number of aromatic hydroxyl groups is 1. The van der Waals surface area contributed by atoms with Gasteiger partial charge in [-0.1, -0.05) is 52.8 Å². The van der Waals surface area contributed by atoms with Crippen molar-refractivity contribution in [3.63, 3.8) is 0 Å². The molecular formula is C13H21FO. The van der Waals surface area contributed by atoms with E-state index in [0.717, 1.165) is 11.1 Å². The number of phenolic OH excluding ortho intramolecular Hbond substituents is 1. The smallest absolute Gasteiger partial charge is 0.122 e. The zero-order valence-electron chi connectivity index (χ0n) is 10.2. The summed E-state index contributed by atoms with van der Waals surface area (Å²) < 4.78 is 0. The van der Waals surface area contributed by atoms with Crippen LogP contribution in [0.25, 0.3) is 0 Å². The summed E-state index contributed by atoms with van der Waals surface area (Å²) in [4.78, 5) is 0. The Hall–Kier alpha value is -1.05. The fraction of sp³-hybridized carbons (Fsp3) is 0.538. The fourth-order valence-electron chi connectivity index (χ4n) is 1.63. The van der Waals surface area contributed by atoms with Gasteiger partial charge in [0.15, 0.2) is 0 Å². The topological polar surface area (TPSA) is 20.2 Å². The van der Waals surface area contributed by atoms with E-state index in [-0.39, 0.29) is 10.1 Å². The average Bonchev–Trinajstić information content (AvgIpc) is 2.01. The van der Waals surface area contributed by atoms with Crippen molar-refractivity contribution in [3.8, 4) is 5.75 Å². The lowest BCUT2D eigenvalue weighted by atomic mass is 9.84. The van der Waals surface area contributed by atoms with Crippen LogP contribution in [0.3, 0.4) is 0 Å². The third kappa shape index (κ3) is 2.95. The van der Waals surface area contributed by atoms with Gasteiger partial charge in [-0.05, 0) is 22.5 Å². The molecule has 2 heteroatoms. The first-order valence-corrected chi connectivity index (χ1v) is 5.16. The summed E-state index contributed by atoms with van der Waals surface area (Å²) in [5, 5.41) is 10.1. The van der Waals surface area contributed by atoms with Gasteiger partial charge >= 0.3 is 0 Å². The van der Waals surface area contributed by atoms with Crippen LogP contribution in [0, 0.1) is 0 Å². The number of hydrogen-bond acceptors (Lipinski definition) is 1. The second kappa shape index (κ2) is 4.65. The van der Waals surface area contributed by atoms with E-state index in [1.807, 2.05) is 18.2 Å².